The molecule has 9 heterocycles. The van der Waals surface area contributed by atoms with Gasteiger partial charge in [0.1, 0.15) is 121 Å². The van der Waals surface area contributed by atoms with Gasteiger partial charge in [0, 0.05) is 44.3 Å². The highest BCUT2D eigenvalue weighted by Crippen LogP contribution is 2.41. The zero-order valence-corrected chi connectivity index (χ0v) is 50.8. The second-order valence-electron chi connectivity index (χ2n) is 24.2. The largest absolute Gasteiger partial charge is 0.462 e. The summed E-state index contributed by atoms with van der Waals surface area (Å²) in [6.45, 7) is -2.63. The molecule has 18 N–H and O–H groups in total. The van der Waals surface area contributed by atoms with Crippen LogP contribution in [0.4, 0.5) is 0 Å². The maximum Gasteiger partial charge on any atom is 0.229 e. The summed E-state index contributed by atoms with van der Waals surface area (Å²) in [6, 6.07) is 34.7. The predicted octanol–water partition coefficient (Wildman–Crippen LogP) is -0.347. The standard InChI is InChI=1S/C68H72N4O24/c73-25-45-53(77)57(81)61(85)65(93-45)89-33-9-1-29(2-10-33)49-37-17-19-39(69-37)50(30-3-11-34(12-4-30)90-66-62(86)58(82)54(78)46(26-74)94-66)41-21-23-43(71-41)52(32-7-15-36(16-8-32)92-68-64(88)60(84)56(80)48(28-76)96-68)44-24-22-42(72-44)51(40-20-18-38(49)70-40)31-5-13-35(14-6-31)91-67-63(87)59(83)55(79)47(27-75)95-67/h1-21,23,45-48,53-68,70-71,73-88H,22,24-28H2. The van der Waals surface area contributed by atoms with Crippen molar-refractivity contribution < 1.29 is 120 Å². The van der Waals surface area contributed by atoms with E-state index in [1.54, 1.807) is 97.1 Å². The first kappa shape index (κ1) is 66.7. The molecule has 3 aromatic heterocycles. The van der Waals surface area contributed by atoms with Crippen LogP contribution < -0.4 is 18.9 Å². The number of benzene rings is 4. The van der Waals surface area contributed by atoms with Crippen LogP contribution in [0.15, 0.2) is 121 Å². The van der Waals surface area contributed by atoms with E-state index in [1.807, 2.05) is 36.4 Å². The first-order valence-electron chi connectivity index (χ1n) is 31.1. The fraction of sp³-hybridized carbons (Fsp3) is 0.382. The van der Waals surface area contributed by atoms with Crippen LogP contribution in [0.2, 0.25) is 0 Å². The highest BCUT2D eigenvalue weighted by atomic mass is 16.7. The van der Waals surface area contributed by atoms with Gasteiger partial charge in [0.05, 0.1) is 49.2 Å². The molecule has 96 heavy (non-hydrogen) atoms. The van der Waals surface area contributed by atoms with Crippen LogP contribution in [-0.2, 0) is 31.8 Å². The first-order valence-corrected chi connectivity index (χ1v) is 31.1. The Kier molecular flexibility index (Phi) is 19.4. The van der Waals surface area contributed by atoms with Crippen molar-refractivity contribution in [1.82, 2.24) is 19.9 Å². The molecule has 28 nitrogen and oxygen atoms in total. The van der Waals surface area contributed by atoms with E-state index in [0.717, 1.165) is 0 Å². The molecule has 0 amide bonds. The molecule has 0 spiro atoms. The quantitative estimate of drug-likeness (QED) is 0.0588. The van der Waals surface area contributed by atoms with Crippen molar-refractivity contribution in [1.29, 1.82) is 0 Å². The minimum atomic E-state index is -1.68. The number of aryl methyl sites for hydroxylation is 2. The number of nitrogens with one attached hydrogen (secondary N) is 2. The van der Waals surface area contributed by atoms with Crippen LogP contribution in [0, 0.1) is 0 Å². The number of aliphatic hydroxyl groups is 16. The summed E-state index contributed by atoms with van der Waals surface area (Å²) in [5, 5.41) is 167. The summed E-state index contributed by atoms with van der Waals surface area (Å²) in [5.41, 5.74) is 9.60. The van der Waals surface area contributed by atoms with Crippen LogP contribution in [0.1, 0.15) is 22.8 Å². The highest BCUT2D eigenvalue weighted by molar-refractivity contribution is 5.97. The van der Waals surface area contributed by atoms with Gasteiger partial charge in [0.25, 0.3) is 0 Å². The molecular formula is C68H72N4O24. The van der Waals surface area contributed by atoms with E-state index < -0.39 is 149 Å². The number of aromatic nitrogens is 4. The molecule has 6 aliphatic rings. The zero-order chi connectivity index (χ0) is 67.4. The van der Waals surface area contributed by atoms with E-state index in [9.17, 15) is 81.7 Å². The number of aliphatic hydroxyl groups excluding tert-OH is 16. The van der Waals surface area contributed by atoms with Crippen molar-refractivity contribution in [2.24, 2.45) is 0 Å². The molecule has 28 heteroatoms. The number of ether oxygens (including phenoxy) is 8. The van der Waals surface area contributed by atoms with Gasteiger partial charge in [-0.25, -0.2) is 4.98 Å². The molecular weight excluding hydrogens is 1260 g/mol. The van der Waals surface area contributed by atoms with Gasteiger partial charge in [0.2, 0.25) is 25.2 Å². The Labute approximate surface area is 545 Å². The molecule has 4 saturated heterocycles. The summed E-state index contributed by atoms with van der Waals surface area (Å²) >= 11 is 0. The molecule has 4 aromatic carbocycles. The van der Waals surface area contributed by atoms with Gasteiger partial charge in [-0.05, 0) is 120 Å². The molecule has 20 unspecified atom stereocenters. The van der Waals surface area contributed by atoms with E-state index >= 15 is 0 Å². The van der Waals surface area contributed by atoms with Gasteiger partial charge in [-0.1, -0.05) is 48.5 Å². The SMILES string of the molecule is OCC1OC(Oc2ccc(-c3c4nc(c(-c5ccc(OC6OC(CO)C(O)C(O)C6O)cc5)c5ccc([nH]5)c(-c5ccc(OC6OC(CO)C(O)C(O)C6O)cc5)c5nc(c(-c6ccc(OC7OC(CO)C(O)C(O)C7O)cc6)c6ccc3[nH]6)CC5)C=C4)cc2)C(O)C(O)C1O. The van der Waals surface area contributed by atoms with E-state index in [4.69, 9.17) is 47.9 Å². The number of rotatable bonds is 16. The average molecular weight is 1330 g/mol. The Bertz CT molecular complexity index is 3820. The van der Waals surface area contributed by atoms with Crippen molar-refractivity contribution >= 4 is 34.2 Å². The van der Waals surface area contributed by atoms with Crippen LogP contribution in [-0.4, -0.2) is 251 Å². The summed E-state index contributed by atoms with van der Waals surface area (Å²) < 4.78 is 46.6. The van der Waals surface area contributed by atoms with Gasteiger partial charge in [-0.15, -0.1) is 0 Å². The molecule has 6 aliphatic heterocycles. The van der Waals surface area contributed by atoms with Crippen LogP contribution in [0.25, 0.3) is 78.7 Å². The van der Waals surface area contributed by atoms with E-state index in [2.05, 4.69) is 9.97 Å². The Hall–Kier alpha value is -7.86. The minimum Gasteiger partial charge on any atom is -0.462 e. The van der Waals surface area contributed by atoms with E-state index in [1.165, 1.54) is 0 Å². The van der Waals surface area contributed by atoms with Gasteiger partial charge < -0.3 is 130 Å². The summed E-state index contributed by atoms with van der Waals surface area (Å²) in [5.74, 6) is 0.824. The third-order valence-corrected chi connectivity index (χ3v) is 18.0. The third-order valence-electron chi connectivity index (χ3n) is 18.0. The Morgan fingerprint density at radius 2 is 0.542 bits per heavy atom. The second-order valence-corrected chi connectivity index (χ2v) is 24.2. The summed E-state index contributed by atoms with van der Waals surface area (Å²) in [6.07, 6.45) is -26.1. The van der Waals surface area contributed by atoms with Gasteiger partial charge in [0.15, 0.2) is 0 Å². The monoisotopic (exact) mass is 1330 g/mol. The maximum atomic E-state index is 10.9. The molecule has 20 atom stereocenters. The van der Waals surface area contributed by atoms with Gasteiger partial charge >= 0.3 is 0 Å². The van der Waals surface area contributed by atoms with Crippen molar-refractivity contribution in [2.75, 3.05) is 26.4 Å². The van der Waals surface area contributed by atoms with Gasteiger partial charge in [-0.2, -0.15) is 0 Å². The van der Waals surface area contributed by atoms with Crippen LogP contribution >= 0.6 is 0 Å². The molecule has 508 valence electrons. The average Bonchev–Trinajstić information content (AvgIpc) is 1.66. The molecule has 7 aromatic rings. The predicted molar refractivity (Wildman–Crippen MR) is 337 cm³/mol. The minimum absolute atomic E-state index is 0.201. The normalized spacial score (nSPS) is 31.4. The molecule has 4 fully saturated rings. The van der Waals surface area contributed by atoms with Crippen molar-refractivity contribution in [3.8, 4) is 67.5 Å². The zero-order valence-electron chi connectivity index (χ0n) is 50.8. The third kappa shape index (κ3) is 12.9. The molecule has 0 aliphatic carbocycles. The number of hydrogen-bond acceptors (Lipinski definition) is 26. The lowest BCUT2D eigenvalue weighted by molar-refractivity contribution is -0.277. The van der Waals surface area contributed by atoms with Crippen molar-refractivity contribution in [2.45, 2.75) is 136 Å². The summed E-state index contributed by atoms with van der Waals surface area (Å²) in [7, 11) is 0. The number of H-pyrrole nitrogens is 2. The van der Waals surface area contributed by atoms with E-state index in [-0.39, 0.29) is 23.0 Å². The number of fused-ring (bicyclic) bond motifs is 8. The summed E-state index contributed by atoms with van der Waals surface area (Å²) in [4.78, 5) is 18.1. The fourth-order valence-corrected chi connectivity index (χ4v) is 12.7. The Morgan fingerprint density at radius 3 is 0.792 bits per heavy atom. The molecule has 0 radical (unpaired) electrons. The van der Waals surface area contributed by atoms with Crippen LogP contribution in [0.5, 0.6) is 23.0 Å². The van der Waals surface area contributed by atoms with Gasteiger partial charge in [-0.3, -0.25) is 4.98 Å². The second kappa shape index (κ2) is 27.9. The van der Waals surface area contributed by atoms with Crippen LogP contribution in [0.3, 0.4) is 0 Å². The maximum absolute atomic E-state index is 10.9. The molecule has 0 saturated carbocycles. The van der Waals surface area contributed by atoms with E-state index in [0.29, 0.717) is 102 Å². The number of hydrogen-bond donors (Lipinski definition) is 18. The molecule has 13 rings (SSSR count). The highest BCUT2D eigenvalue weighted by Gasteiger charge is 2.48. The Morgan fingerprint density at radius 1 is 0.302 bits per heavy atom. The molecule has 8 bridgehead atoms. The Balaban J connectivity index is 0.979. The van der Waals surface area contributed by atoms with Crippen molar-refractivity contribution in [3.05, 3.63) is 144 Å². The number of aromatic amines is 2. The lowest BCUT2D eigenvalue weighted by Crippen LogP contribution is -2.60. The topological polar surface area (TPSA) is 455 Å². The lowest BCUT2D eigenvalue weighted by atomic mass is 9.99. The smallest absolute Gasteiger partial charge is 0.229 e. The first-order chi connectivity index (χ1) is 46.3. The number of nitrogens with zero attached hydrogens (tertiary/aromatic N) is 2. The lowest BCUT2D eigenvalue weighted by Gasteiger charge is -2.39. The van der Waals surface area contributed by atoms with Crippen molar-refractivity contribution in [3.63, 3.8) is 0 Å². The fourth-order valence-electron chi connectivity index (χ4n) is 12.7.